The highest BCUT2D eigenvalue weighted by Crippen LogP contribution is 2.34. The van der Waals surface area contributed by atoms with E-state index in [1.54, 1.807) is 41.5 Å². The molecule has 0 atom stereocenters. The molecule has 1 heterocycles. The van der Waals surface area contributed by atoms with Crippen molar-refractivity contribution in [1.29, 1.82) is 0 Å². The number of halogens is 1. The fourth-order valence-corrected chi connectivity index (χ4v) is 2.88. The van der Waals surface area contributed by atoms with E-state index in [1.165, 1.54) is 6.33 Å². The molecule has 1 aromatic heterocycles. The van der Waals surface area contributed by atoms with Crippen LogP contribution < -0.4 is 4.90 Å². The van der Waals surface area contributed by atoms with Crippen molar-refractivity contribution in [3.8, 4) is 0 Å². The lowest BCUT2D eigenvalue weighted by Crippen LogP contribution is -2.44. The van der Waals surface area contributed by atoms with Crippen LogP contribution in [0.5, 0.6) is 0 Å². The Morgan fingerprint density at radius 1 is 0.885 bits per heavy atom. The Kier molecular flexibility index (Phi) is 6.45. The zero-order valence-corrected chi connectivity index (χ0v) is 18.5. The third-order valence-electron chi connectivity index (χ3n) is 2.85. The first-order valence-electron chi connectivity index (χ1n) is 8.30. The fourth-order valence-electron chi connectivity index (χ4n) is 1.90. The van der Waals surface area contributed by atoms with Gasteiger partial charge in [0.1, 0.15) is 17.5 Å². The van der Waals surface area contributed by atoms with Crippen LogP contribution in [0.4, 0.5) is 15.4 Å². The summed E-state index contributed by atoms with van der Waals surface area (Å²) >= 11 is 3.43. The van der Waals surface area contributed by atoms with Crippen LogP contribution in [0.3, 0.4) is 0 Å². The number of rotatable bonds is 1. The molecule has 146 valence electrons. The highest BCUT2D eigenvalue weighted by molar-refractivity contribution is 9.10. The van der Waals surface area contributed by atoms with Gasteiger partial charge in [0.05, 0.1) is 10.2 Å². The Bertz CT molecular complexity index is 657. The molecule has 0 bridgehead atoms. The molecule has 0 aliphatic carbocycles. The molecular formula is C18H28BrN3O4. The summed E-state index contributed by atoms with van der Waals surface area (Å²) in [5, 5.41) is 0. The summed E-state index contributed by atoms with van der Waals surface area (Å²) in [6.07, 6.45) is -0.431. The van der Waals surface area contributed by atoms with Crippen LogP contribution in [0.1, 0.15) is 68.0 Å². The summed E-state index contributed by atoms with van der Waals surface area (Å²) in [5.41, 5.74) is -1.25. The molecule has 1 aromatic rings. The topological polar surface area (TPSA) is 81.6 Å². The Labute approximate surface area is 163 Å². The number of nitrogens with zero attached hydrogens (tertiary/aromatic N) is 3. The van der Waals surface area contributed by atoms with Crippen LogP contribution in [0.25, 0.3) is 0 Å². The second kappa shape index (κ2) is 7.50. The second-order valence-electron chi connectivity index (χ2n) is 8.91. The molecule has 0 radical (unpaired) electrons. The van der Waals surface area contributed by atoms with Gasteiger partial charge >= 0.3 is 12.2 Å². The first-order valence-corrected chi connectivity index (χ1v) is 9.09. The predicted molar refractivity (Wildman–Crippen MR) is 103 cm³/mol. The quantitative estimate of drug-likeness (QED) is 0.608. The van der Waals surface area contributed by atoms with Crippen molar-refractivity contribution < 1.29 is 19.1 Å². The molecule has 0 aliphatic heterocycles. The minimum atomic E-state index is -0.869. The minimum Gasteiger partial charge on any atom is -0.443 e. The second-order valence-corrected chi connectivity index (χ2v) is 9.70. The van der Waals surface area contributed by atoms with E-state index in [9.17, 15) is 9.59 Å². The molecule has 0 saturated carbocycles. The number of anilines is 1. The van der Waals surface area contributed by atoms with E-state index in [0.29, 0.717) is 10.2 Å². The van der Waals surface area contributed by atoms with Gasteiger partial charge in [0, 0.05) is 5.41 Å². The maximum absolute atomic E-state index is 12.7. The van der Waals surface area contributed by atoms with Crippen LogP contribution >= 0.6 is 15.9 Å². The highest BCUT2D eigenvalue weighted by atomic mass is 79.9. The maximum atomic E-state index is 12.7. The average Bonchev–Trinajstić information content (AvgIpc) is 2.35. The number of carbonyl (C=O) groups excluding carboxylic acids is 2. The maximum Gasteiger partial charge on any atom is 0.425 e. The monoisotopic (exact) mass is 429 g/mol. The zero-order chi connectivity index (χ0) is 20.5. The van der Waals surface area contributed by atoms with Crippen LogP contribution in [0, 0.1) is 0 Å². The van der Waals surface area contributed by atoms with Crippen molar-refractivity contribution in [1.82, 2.24) is 9.97 Å². The Morgan fingerprint density at radius 2 is 1.31 bits per heavy atom. The van der Waals surface area contributed by atoms with Crippen LogP contribution in [-0.4, -0.2) is 33.4 Å². The average molecular weight is 430 g/mol. The molecule has 0 fully saturated rings. The summed E-state index contributed by atoms with van der Waals surface area (Å²) in [6, 6.07) is 0. The van der Waals surface area contributed by atoms with Gasteiger partial charge in [-0.3, -0.25) is 0 Å². The van der Waals surface area contributed by atoms with Gasteiger partial charge in [-0.25, -0.2) is 19.6 Å². The van der Waals surface area contributed by atoms with Gasteiger partial charge < -0.3 is 9.47 Å². The van der Waals surface area contributed by atoms with Gasteiger partial charge in [-0.1, -0.05) is 20.8 Å². The molecule has 0 N–H and O–H groups in total. The van der Waals surface area contributed by atoms with Gasteiger partial charge in [-0.15, -0.1) is 0 Å². The smallest absolute Gasteiger partial charge is 0.425 e. The van der Waals surface area contributed by atoms with Crippen molar-refractivity contribution >= 4 is 33.9 Å². The Balaban J connectivity index is 3.47. The lowest BCUT2D eigenvalue weighted by molar-refractivity contribution is 0.0428. The molecule has 0 saturated heterocycles. The summed E-state index contributed by atoms with van der Waals surface area (Å²) in [6.45, 7) is 16.2. The molecule has 26 heavy (non-hydrogen) atoms. The summed E-state index contributed by atoms with van der Waals surface area (Å²) in [5.74, 6) is 0.0772. The number of amides is 2. The number of carbonyl (C=O) groups is 2. The van der Waals surface area contributed by atoms with Gasteiger partial charge in [0.15, 0.2) is 5.82 Å². The van der Waals surface area contributed by atoms with E-state index in [2.05, 4.69) is 25.9 Å². The Morgan fingerprint density at radius 3 is 1.65 bits per heavy atom. The summed E-state index contributed by atoms with van der Waals surface area (Å²) < 4.78 is 11.2. The molecule has 8 heteroatoms. The van der Waals surface area contributed by atoms with E-state index in [1.807, 2.05) is 20.8 Å². The standard InChI is InChI=1S/C18H28BrN3O4/c1-16(2,3)12-11(19)13(21-10-20-12)22(14(23)25-17(4,5)6)15(24)26-18(7,8)9/h10H,1-9H3. The van der Waals surface area contributed by atoms with Crippen LogP contribution in [0.2, 0.25) is 0 Å². The molecule has 0 spiro atoms. The van der Waals surface area contributed by atoms with Crippen molar-refractivity contribution in [2.75, 3.05) is 4.90 Å². The van der Waals surface area contributed by atoms with E-state index in [0.717, 1.165) is 4.90 Å². The molecule has 0 unspecified atom stereocenters. The minimum absolute atomic E-state index is 0.0772. The molecule has 7 nitrogen and oxygen atoms in total. The summed E-state index contributed by atoms with van der Waals surface area (Å²) in [4.78, 5) is 34.6. The van der Waals surface area contributed by atoms with Gasteiger partial charge in [0.25, 0.3) is 0 Å². The Hall–Kier alpha value is -1.70. The van der Waals surface area contributed by atoms with Crippen LogP contribution in [-0.2, 0) is 14.9 Å². The molecule has 1 rings (SSSR count). The number of hydrogen-bond donors (Lipinski definition) is 0. The van der Waals surface area contributed by atoms with Crippen LogP contribution in [0.15, 0.2) is 10.8 Å². The van der Waals surface area contributed by atoms with Gasteiger partial charge in [-0.2, -0.15) is 4.90 Å². The third-order valence-corrected chi connectivity index (χ3v) is 3.58. The lowest BCUT2D eigenvalue weighted by Gasteiger charge is -2.29. The molecule has 0 aromatic carbocycles. The van der Waals surface area contributed by atoms with Crippen molar-refractivity contribution in [3.05, 3.63) is 16.5 Å². The van der Waals surface area contributed by atoms with E-state index in [-0.39, 0.29) is 11.2 Å². The predicted octanol–water partition coefficient (Wildman–Crippen LogP) is 5.21. The normalized spacial score (nSPS) is 12.5. The lowest BCUT2D eigenvalue weighted by atomic mass is 9.92. The molecule has 2 amide bonds. The number of hydrogen-bond acceptors (Lipinski definition) is 6. The van der Waals surface area contributed by atoms with Crippen molar-refractivity contribution in [2.45, 2.75) is 78.9 Å². The van der Waals surface area contributed by atoms with Crippen molar-refractivity contribution in [3.63, 3.8) is 0 Å². The number of imide groups is 1. The third kappa shape index (κ3) is 6.23. The largest absolute Gasteiger partial charge is 0.443 e. The first-order chi connectivity index (χ1) is 11.5. The molecule has 0 aliphatic rings. The number of aromatic nitrogens is 2. The highest BCUT2D eigenvalue weighted by Gasteiger charge is 2.36. The van der Waals surface area contributed by atoms with Crippen molar-refractivity contribution in [2.24, 2.45) is 0 Å². The zero-order valence-electron chi connectivity index (χ0n) is 16.9. The van der Waals surface area contributed by atoms with Gasteiger partial charge in [0.2, 0.25) is 0 Å². The fraction of sp³-hybridized carbons (Fsp3) is 0.667. The SMILES string of the molecule is CC(C)(C)OC(=O)N(C(=O)OC(C)(C)C)c1ncnc(C(C)(C)C)c1Br. The van der Waals surface area contributed by atoms with Gasteiger partial charge in [-0.05, 0) is 57.5 Å². The van der Waals surface area contributed by atoms with E-state index >= 15 is 0 Å². The van der Waals surface area contributed by atoms with E-state index < -0.39 is 23.4 Å². The summed E-state index contributed by atoms with van der Waals surface area (Å²) in [7, 11) is 0. The number of ether oxygens (including phenoxy) is 2. The molecular weight excluding hydrogens is 402 g/mol. The first kappa shape index (κ1) is 22.3. The van der Waals surface area contributed by atoms with E-state index in [4.69, 9.17) is 9.47 Å².